The number of nitrogens with zero attached hydrogens (tertiary/aromatic N) is 2. The van der Waals surface area contributed by atoms with Gasteiger partial charge in [0.15, 0.2) is 5.16 Å². The first-order chi connectivity index (χ1) is 13.0. The second kappa shape index (κ2) is 8.05. The maximum Gasteiger partial charge on any atom is 0.261 e. The van der Waals surface area contributed by atoms with Crippen LogP contribution < -0.4 is 16.6 Å². The van der Waals surface area contributed by atoms with Crippen LogP contribution in [0.4, 0.5) is 5.69 Å². The number of rotatable bonds is 6. The SMILES string of the molecule is Cn1c(SCCC(=O)Nc2ccccc2C(N)=O)nc2ccccc2c1=O. The summed E-state index contributed by atoms with van der Waals surface area (Å²) >= 11 is 1.32. The Labute approximate surface area is 159 Å². The fourth-order valence-electron chi connectivity index (χ4n) is 2.58. The van der Waals surface area contributed by atoms with Crippen LogP contribution in [-0.4, -0.2) is 27.1 Å². The van der Waals surface area contributed by atoms with Crippen LogP contribution in [0.3, 0.4) is 0 Å². The van der Waals surface area contributed by atoms with Gasteiger partial charge >= 0.3 is 0 Å². The Kier molecular flexibility index (Phi) is 5.56. The summed E-state index contributed by atoms with van der Waals surface area (Å²) in [4.78, 5) is 40.4. The van der Waals surface area contributed by atoms with E-state index in [1.807, 2.05) is 6.07 Å². The molecule has 27 heavy (non-hydrogen) atoms. The number of carbonyl (C=O) groups is 2. The molecule has 0 unspecified atom stereocenters. The monoisotopic (exact) mass is 382 g/mol. The fraction of sp³-hybridized carbons (Fsp3) is 0.158. The zero-order valence-electron chi connectivity index (χ0n) is 14.6. The Morgan fingerprint density at radius 2 is 1.85 bits per heavy atom. The van der Waals surface area contributed by atoms with Gasteiger partial charge in [-0.3, -0.25) is 19.0 Å². The fourth-order valence-corrected chi connectivity index (χ4v) is 3.49. The molecule has 1 aromatic heterocycles. The van der Waals surface area contributed by atoms with Gasteiger partial charge in [-0.1, -0.05) is 36.0 Å². The van der Waals surface area contributed by atoms with Crippen LogP contribution in [0.5, 0.6) is 0 Å². The Bertz CT molecular complexity index is 1080. The van der Waals surface area contributed by atoms with E-state index in [0.29, 0.717) is 27.5 Å². The number of hydrogen-bond donors (Lipinski definition) is 2. The Balaban J connectivity index is 1.66. The predicted octanol–water partition coefficient (Wildman–Crippen LogP) is 2.15. The molecular formula is C19H18N4O3S. The van der Waals surface area contributed by atoms with Gasteiger partial charge in [-0.2, -0.15) is 0 Å². The van der Waals surface area contributed by atoms with Crippen LogP contribution >= 0.6 is 11.8 Å². The van der Waals surface area contributed by atoms with Crippen LogP contribution in [0.1, 0.15) is 16.8 Å². The highest BCUT2D eigenvalue weighted by molar-refractivity contribution is 7.99. The largest absolute Gasteiger partial charge is 0.366 e. The number of aromatic nitrogens is 2. The summed E-state index contributed by atoms with van der Waals surface area (Å²) in [6.45, 7) is 0. The average molecular weight is 382 g/mol. The van der Waals surface area contributed by atoms with Crippen molar-refractivity contribution in [1.29, 1.82) is 0 Å². The van der Waals surface area contributed by atoms with E-state index in [-0.39, 0.29) is 23.5 Å². The summed E-state index contributed by atoms with van der Waals surface area (Å²) in [6, 6.07) is 13.7. The molecule has 3 aromatic rings. The lowest BCUT2D eigenvalue weighted by molar-refractivity contribution is -0.115. The topological polar surface area (TPSA) is 107 Å². The maximum atomic E-state index is 12.4. The lowest BCUT2D eigenvalue weighted by Crippen LogP contribution is -2.20. The molecule has 0 bridgehead atoms. The summed E-state index contributed by atoms with van der Waals surface area (Å²) in [5.41, 5.74) is 6.46. The van der Waals surface area contributed by atoms with Crippen molar-refractivity contribution in [2.24, 2.45) is 12.8 Å². The predicted molar refractivity (Wildman–Crippen MR) is 106 cm³/mol. The van der Waals surface area contributed by atoms with E-state index in [4.69, 9.17) is 5.73 Å². The molecule has 0 saturated heterocycles. The molecule has 0 fully saturated rings. The smallest absolute Gasteiger partial charge is 0.261 e. The number of carbonyl (C=O) groups excluding carboxylic acids is 2. The molecule has 3 rings (SSSR count). The number of para-hydroxylation sites is 2. The van der Waals surface area contributed by atoms with Gasteiger partial charge in [0, 0.05) is 19.2 Å². The lowest BCUT2D eigenvalue weighted by Gasteiger charge is -2.10. The number of nitrogens with one attached hydrogen (secondary N) is 1. The van der Waals surface area contributed by atoms with E-state index in [1.54, 1.807) is 49.5 Å². The first-order valence-electron chi connectivity index (χ1n) is 8.24. The molecule has 0 aliphatic rings. The van der Waals surface area contributed by atoms with E-state index < -0.39 is 5.91 Å². The van der Waals surface area contributed by atoms with Gasteiger partial charge in [0.05, 0.1) is 22.2 Å². The molecule has 2 aromatic carbocycles. The molecule has 0 aliphatic carbocycles. The number of amides is 2. The number of fused-ring (bicyclic) bond motifs is 1. The quantitative estimate of drug-likeness (QED) is 0.502. The molecule has 2 amide bonds. The molecule has 0 radical (unpaired) electrons. The van der Waals surface area contributed by atoms with Crippen molar-refractivity contribution in [1.82, 2.24) is 9.55 Å². The van der Waals surface area contributed by atoms with Crippen molar-refractivity contribution in [2.45, 2.75) is 11.6 Å². The third-order valence-electron chi connectivity index (χ3n) is 3.97. The molecule has 0 spiro atoms. The maximum absolute atomic E-state index is 12.4. The van der Waals surface area contributed by atoms with E-state index in [0.717, 1.165) is 0 Å². The molecule has 0 saturated carbocycles. The first-order valence-corrected chi connectivity index (χ1v) is 9.23. The lowest BCUT2D eigenvalue weighted by atomic mass is 10.1. The van der Waals surface area contributed by atoms with E-state index in [2.05, 4.69) is 10.3 Å². The molecule has 3 N–H and O–H groups in total. The van der Waals surface area contributed by atoms with Crippen LogP contribution in [0.15, 0.2) is 58.5 Å². The molecule has 8 heteroatoms. The second-order valence-electron chi connectivity index (χ2n) is 5.83. The Morgan fingerprint density at radius 3 is 2.63 bits per heavy atom. The normalized spacial score (nSPS) is 10.7. The molecular weight excluding hydrogens is 364 g/mol. The van der Waals surface area contributed by atoms with Crippen LogP contribution in [0, 0.1) is 0 Å². The van der Waals surface area contributed by atoms with Crippen molar-refractivity contribution in [2.75, 3.05) is 11.1 Å². The number of benzene rings is 2. The average Bonchev–Trinajstić information content (AvgIpc) is 2.66. The third-order valence-corrected chi connectivity index (χ3v) is 5.00. The standard InChI is InChI=1S/C19H18N4O3S/c1-23-18(26)13-7-3-5-9-15(13)22-19(23)27-11-10-16(24)21-14-8-4-2-6-12(14)17(20)25/h2-9H,10-11H2,1H3,(H2,20,25)(H,21,24). The summed E-state index contributed by atoms with van der Waals surface area (Å²) in [6.07, 6.45) is 0.195. The van der Waals surface area contributed by atoms with Crippen molar-refractivity contribution >= 4 is 40.2 Å². The summed E-state index contributed by atoms with van der Waals surface area (Å²) in [5.74, 6) is -0.416. The van der Waals surface area contributed by atoms with Gasteiger partial charge in [0.1, 0.15) is 0 Å². The summed E-state index contributed by atoms with van der Waals surface area (Å²) < 4.78 is 1.48. The highest BCUT2D eigenvalue weighted by Crippen LogP contribution is 2.19. The van der Waals surface area contributed by atoms with Crippen LogP contribution in [-0.2, 0) is 11.8 Å². The van der Waals surface area contributed by atoms with Gasteiger partial charge in [-0.05, 0) is 24.3 Å². The number of anilines is 1. The second-order valence-corrected chi connectivity index (χ2v) is 6.89. The highest BCUT2D eigenvalue weighted by atomic mass is 32.2. The van der Waals surface area contributed by atoms with E-state index >= 15 is 0 Å². The third kappa shape index (κ3) is 4.17. The zero-order valence-corrected chi connectivity index (χ0v) is 15.5. The van der Waals surface area contributed by atoms with Gasteiger partial charge < -0.3 is 11.1 Å². The van der Waals surface area contributed by atoms with Gasteiger partial charge in [0.25, 0.3) is 11.5 Å². The van der Waals surface area contributed by atoms with E-state index in [1.165, 1.54) is 16.3 Å². The summed E-state index contributed by atoms with van der Waals surface area (Å²) in [5, 5.41) is 3.80. The van der Waals surface area contributed by atoms with E-state index in [9.17, 15) is 14.4 Å². The molecule has 0 aliphatic heterocycles. The number of primary amides is 1. The molecule has 7 nitrogen and oxygen atoms in total. The van der Waals surface area contributed by atoms with Crippen molar-refractivity contribution in [3.05, 3.63) is 64.4 Å². The minimum Gasteiger partial charge on any atom is -0.366 e. The van der Waals surface area contributed by atoms with Crippen molar-refractivity contribution in [3.63, 3.8) is 0 Å². The van der Waals surface area contributed by atoms with Crippen molar-refractivity contribution in [3.8, 4) is 0 Å². The molecule has 1 heterocycles. The van der Waals surface area contributed by atoms with Gasteiger partial charge in [-0.25, -0.2) is 4.98 Å². The molecule has 138 valence electrons. The van der Waals surface area contributed by atoms with Crippen LogP contribution in [0.25, 0.3) is 10.9 Å². The number of thioether (sulfide) groups is 1. The molecule has 0 atom stereocenters. The zero-order chi connectivity index (χ0) is 19.4. The minimum absolute atomic E-state index is 0.122. The Hall–Kier alpha value is -3.13. The minimum atomic E-state index is -0.601. The van der Waals surface area contributed by atoms with Crippen molar-refractivity contribution < 1.29 is 9.59 Å². The first kappa shape index (κ1) is 18.7. The Morgan fingerprint density at radius 1 is 1.15 bits per heavy atom. The summed E-state index contributed by atoms with van der Waals surface area (Å²) in [7, 11) is 1.66. The number of hydrogen-bond acceptors (Lipinski definition) is 5. The highest BCUT2D eigenvalue weighted by Gasteiger charge is 2.12. The van der Waals surface area contributed by atoms with Crippen LogP contribution in [0.2, 0.25) is 0 Å². The van der Waals surface area contributed by atoms with Gasteiger partial charge in [-0.15, -0.1) is 0 Å². The number of nitrogens with two attached hydrogens (primary N) is 1. The van der Waals surface area contributed by atoms with Gasteiger partial charge in [0.2, 0.25) is 5.91 Å².